The maximum Gasteiger partial charge on any atom is 0.341 e. The molecule has 0 aliphatic carbocycles. The normalized spacial score (nSPS) is 11.1. The van der Waals surface area contributed by atoms with Crippen molar-refractivity contribution in [2.75, 3.05) is 14.2 Å². The van der Waals surface area contributed by atoms with E-state index in [1.165, 1.54) is 7.11 Å². The van der Waals surface area contributed by atoms with Crippen LogP contribution in [0.5, 0.6) is 11.5 Å². The molecule has 0 aliphatic rings. The maximum absolute atomic E-state index is 12.3. The average Bonchev–Trinajstić information content (AvgIpc) is 3.01. The van der Waals surface area contributed by atoms with Gasteiger partial charge < -0.3 is 19.1 Å². The minimum atomic E-state index is -0.550. The monoisotopic (exact) mass is 375 g/mol. The van der Waals surface area contributed by atoms with Crippen LogP contribution in [0.15, 0.2) is 54.6 Å². The molecule has 4 rings (SSSR count). The summed E-state index contributed by atoms with van der Waals surface area (Å²) in [7, 11) is 2.94. The van der Waals surface area contributed by atoms with E-state index in [0.29, 0.717) is 17.6 Å². The van der Waals surface area contributed by atoms with Crippen LogP contribution in [-0.4, -0.2) is 29.9 Å². The van der Waals surface area contributed by atoms with Gasteiger partial charge in [0.25, 0.3) is 0 Å². The zero-order valence-corrected chi connectivity index (χ0v) is 16.0. The number of phenols is 1. The number of aryl methyl sites for hydroxylation is 1. The number of fused-ring (bicyclic) bond motifs is 3. The summed E-state index contributed by atoms with van der Waals surface area (Å²) in [6, 6.07) is 17.8. The predicted octanol–water partition coefficient (Wildman–Crippen LogP) is 4.65. The second-order valence-electron chi connectivity index (χ2n) is 6.76. The molecule has 1 heterocycles. The Kier molecular flexibility index (Phi) is 4.43. The summed E-state index contributed by atoms with van der Waals surface area (Å²) in [5.74, 6) is 0.124. The lowest BCUT2D eigenvalue weighted by molar-refractivity contribution is 0.0597. The van der Waals surface area contributed by atoms with Crippen LogP contribution in [0.25, 0.3) is 21.8 Å². The van der Waals surface area contributed by atoms with Crippen LogP contribution in [-0.2, 0) is 11.3 Å². The number of esters is 1. The van der Waals surface area contributed by atoms with Crippen molar-refractivity contribution in [2.45, 2.75) is 13.5 Å². The first-order valence-corrected chi connectivity index (χ1v) is 9.00. The van der Waals surface area contributed by atoms with Crippen molar-refractivity contribution in [3.8, 4) is 11.5 Å². The number of carbonyl (C=O) groups is 1. The van der Waals surface area contributed by atoms with Gasteiger partial charge in [0.2, 0.25) is 0 Å². The Hall–Kier alpha value is -3.47. The SMILES string of the molecule is COC(=O)c1c(C)cc2c3cc(OC)ccc3n(Cc3ccccc3)c2c1O. The van der Waals surface area contributed by atoms with E-state index in [9.17, 15) is 9.90 Å². The zero-order valence-electron chi connectivity index (χ0n) is 16.0. The van der Waals surface area contributed by atoms with E-state index in [4.69, 9.17) is 9.47 Å². The second kappa shape index (κ2) is 6.93. The minimum Gasteiger partial charge on any atom is -0.505 e. The second-order valence-corrected chi connectivity index (χ2v) is 6.76. The largest absolute Gasteiger partial charge is 0.505 e. The van der Waals surface area contributed by atoms with Gasteiger partial charge in [-0.15, -0.1) is 0 Å². The van der Waals surface area contributed by atoms with Crippen LogP contribution in [0.3, 0.4) is 0 Å². The molecule has 0 amide bonds. The Morgan fingerprint density at radius 3 is 2.46 bits per heavy atom. The number of aromatic hydroxyl groups is 1. The molecule has 0 radical (unpaired) electrons. The molecule has 1 N–H and O–H groups in total. The lowest BCUT2D eigenvalue weighted by Gasteiger charge is -2.12. The lowest BCUT2D eigenvalue weighted by Crippen LogP contribution is -2.06. The van der Waals surface area contributed by atoms with Crippen LogP contribution in [0, 0.1) is 6.92 Å². The van der Waals surface area contributed by atoms with E-state index < -0.39 is 5.97 Å². The molecule has 142 valence electrons. The van der Waals surface area contributed by atoms with Crippen molar-refractivity contribution in [2.24, 2.45) is 0 Å². The highest BCUT2D eigenvalue weighted by Crippen LogP contribution is 2.40. The summed E-state index contributed by atoms with van der Waals surface area (Å²) >= 11 is 0. The van der Waals surface area contributed by atoms with Crippen molar-refractivity contribution in [1.29, 1.82) is 0 Å². The molecule has 5 nitrogen and oxygen atoms in total. The highest BCUT2D eigenvalue weighted by atomic mass is 16.5. The van der Waals surface area contributed by atoms with Gasteiger partial charge in [-0.05, 0) is 42.3 Å². The Morgan fingerprint density at radius 2 is 1.79 bits per heavy atom. The van der Waals surface area contributed by atoms with E-state index in [1.54, 1.807) is 14.0 Å². The number of phenolic OH excluding ortho intramolecular Hbond substituents is 1. The Labute approximate surface area is 162 Å². The van der Waals surface area contributed by atoms with Crippen molar-refractivity contribution < 1.29 is 19.4 Å². The molecule has 0 fully saturated rings. The van der Waals surface area contributed by atoms with Gasteiger partial charge in [-0.3, -0.25) is 0 Å². The van der Waals surface area contributed by atoms with Crippen LogP contribution in [0.1, 0.15) is 21.5 Å². The van der Waals surface area contributed by atoms with E-state index in [2.05, 4.69) is 0 Å². The standard InChI is InChI=1S/C23H21NO4/c1-14-11-18-17-12-16(27-2)9-10-19(17)24(13-15-7-5-4-6-8-15)21(18)22(25)20(14)23(26)28-3/h4-12,25H,13H2,1-3H3. The Morgan fingerprint density at radius 1 is 1.04 bits per heavy atom. The molecule has 0 unspecified atom stereocenters. The van der Waals surface area contributed by atoms with Gasteiger partial charge >= 0.3 is 5.97 Å². The number of benzene rings is 3. The molecule has 4 aromatic rings. The average molecular weight is 375 g/mol. The number of ether oxygens (including phenoxy) is 2. The predicted molar refractivity (Wildman–Crippen MR) is 109 cm³/mol. The van der Waals surface area contributed by atoms with Gasteiger partial charge in [0.05, 0.1) is 19.7 Å². The first-order chi connectivity index (χ1) is 13.5. The number of rotatable bonds is 4. The van der Waals surface area contributed by atoms with Gasteiger partial charge in [0.15, 0.2) is 5.75 Å². The smallest absolute Gasteiger partial charge is 0.341 e. The van der Waals surface area contributed by atoms with E-state index in [0.717, 1.165) is 27.6 Å². The first kappa shape index (κ1) is 17.9. The maximum atomic E-state index is 12.3. The van der Waals surface area contributed by atoms with Crippen LogP contribution in [0.4, 0.5) is 0 Å². The van der Waals surface area contributed by atoms with Crippen LogP contribution >= 0.6 is 0 Å². The topological polar surface area (TPSA) is 60.7 Å². The Balaban J connectivity index is 2.10. The number of methoxy groups -OCH3 is 2. The first-order valence-electron chi connectivity index (χ1n) is 9.00. The fraction of sp³-hybridized carbons (Fsp3) is 0.174. The van der Waals surface area contributed by atoms with Crippen molar-refractivity contribution in [3.63, 3.8) is 0 Å². The molecule has 0 aliphatic heterocycles. The fourth-order valence-corrected chi connectivity index (χ4v) is 3.77. The molecular weight excluding hydrogens is 354 g/mol. The van der Waals surface area contributed by atoms with Crippen molar-refractivity contribution >= 4 is 27.8 Å². The molecule has 0 saturated carbocycles. The molecule has 3 aromatic carbocycles. The van der Waals surface area contributed by atoms with E-state index in [-0.39, 0.29) is 11.3 Å². The molecule has 5 heteroatoms. The van der Waals surface area contributed by atoms with Gasteiger partial charge in [0.1, 0.15) is 11.3 Å². The number of hydrogen-bond acceptors (Lipinski definition) is 4. The molecule has 0 atom stereocenters. The fourth-order valence-electron chi connectivity index (χ4n) is 3.77. The lowest BCUT2D eigenvalue weighted by atomic mass is 10.0. The molecule has 0 bridgehead atoms. The van der Waals surface area contributed by atoms with E-state index >= 15 is 0 Å². The molecule has 28 heavy (non-hydrogen) atoms. The Bertz CT molecular complexity index is 1190. The van der Waals surface area contributed by atoms with Gasteiger partial charge in [-0.1, -0.05) is 30.3 Å². The van der Waals surface area contributed by atoms with Crippen molar-refractivity contribution in [3.05, 3.63) is 71.3 Å². The number of nitrogens with zero attached hydrogens (tertiary/aromatic N) is 1. The number of aromatic nitrogens is 1. The van der Waals surface area contributed by atoms with Gasteiger partial charge in [0, 0.05) is 22.8 Å². The highest BCUT2D eigenvalue weighted by Gasteiger charge is 2.23. The highest BCUT2D eigenvalue weighted by molar-refractivity contribution is 6.13. The van der Waals surface area contributed by atoms with Gasteiger partial charge in [-0.2, -0.15) is 0 Å². The third-order valence-corrected chi connectivity index (χ3v) is 5.10. The summed E-state index contributed by atoms with van der Waals surface area (Å²) in [6.07, 6.45) is 0. The van der Waals surface area contributed by atoms with Crippen LogP contribution < -0.4 is 4.74 Å². The summed E-state index contributed by atoms with van der Waals surface area (Å²) in [4.78, 5) is 12.3. The molecule has 0 saturated heterocycles. The van der Waals surface area contributed by atoms with Gasteiger partial charge in [-0.25, -0.2) is 4.79 Å². The third-order valence-electron chi connectivity index (χ3n) is 5.10. The third kappa shape index (κ3) is 2.76. The summed E-state index contributed by atoms with van der Waals surface area (Å²) in [6.45, 7) is 2.36. The quantitative estimate of drug-likeness (QED) is 0.528. The zero-order chi connectivity index (χ0) is 19.8. The summed E-state index contributed by atoms with van der Waals surface area (Å²) < 4.78 is 12.3. The van der Waals surface area contributed by atoms with E-state index in [1.807, 2.05) is 59.2 Å². The summed E-state index contributed by atoms with van der Waals surface area (Å²) in [5.41, 5.74) is 3.52. The number of hydrogen-bond donors (Lipinski definition) is 1. The van der Waals surface area contributed by atoms with Crippen LogP contribution in [0.2, 0.25) is 0 Å². The number of carbonyl (C=O) groups excluding carboxylic acids is 1. The van der Waals surface area contributed by atoms with Crippen molar-refractivity contribution in [1.82, 2.24) is 4.57 Å². The molecule has 1 aromatic heterocycles. The minimum absolute atomic E-state index is 0.0621. The molecule has 0 spiro atoms. The summed E-state index contributed by atoms with van der Waals surface area (Å²) in [5, 5.41) is 12.9. The molecular formula is C23H21NO4.